The summed E-state index contributed by atoms with van der Waals surface area (Å²) in [5.41, 5.74) is 1.12. The van der Waals surface area contributed by atoms with Crippen LogP contribution in [-0.4, -0.2) is 17.1 Å². The molecular weight excluding hydrogens is 202 g/mol. The van der Waals surface area contributed by atoms with Gasteiger partial charge in [0.05, 0.1) is 11.7 Å². The predicted molar refractivity (Wildman–Crippen MR) is 54.5 cm³/mol. The van der Waals surface area contributed by atoms with Crippen molar-refractivity contribution in [3.63, 3.8) is 0 Å². The van der Waals surface area contributed by atoms with Crippen molar-refractivity contribution in [2.75, 3.05) is 0 Å². The second-order valence-corrected chi connectivity index (χ2v) is 3.61. The van der Waals surface area contributed by atoms with Crippen molar-refractivity contribution >= 4 is 17.6 Å². The molecule has 0 saturated carbocycles. The first-order chi connectivity index (χ1) is 6.52. The fourth-order valence-corrected chi connectivity index (χ4v) is 1.33. The summed E-state index contributed by atoms with van der Waals surface area (Å²) in [6.45, 7) is 5.37. The van der Waals surface area contributed by atoms with Crippen molar-refractivity contribution in [3.8, 4) is 0 Å². The SMILES string of the molecule is Cc1ccnc(Cl)c1C(=O)OC(C)C. The maximum absolute atomic E-state index is 11.6. The van der Waals surface area contributed by atoms with Gasteiger partial charge in [0, 0.05) is 6.20 Å². The molecule has 0 N–H and O–H groups in total. The first kappa shape index (κ1) is 11.0. The molecule has 0 spiro atoms. The summed E-state index contributed by atoms with van der Waals surface area (Å²) >= 11 is 5.80. The molecule has 0 saturated heterocycles. The van der Waals surface area contributed by atoms with Crippen LogP contribution in [0, 0.1) is 6.92 Å². The number of aryl methyl sites for hydroxylation is 1. The third-order valence-corrected chi connectivity index (χ3v) is 1.95. The molecule has 0 aromatic carbocycles. The van der Waals surface area contributed by atoms with E-state index in [1.165, 1.54) is 0 Å². The second-order valence-electron chi connectivity index (χ2n) is 3.25. The molecule has 0 aliphatic carbocycles. The number of rotatable bonds is 2. The zero-order valence-corrected chi connectivity index (χ0v) is 9.13. The third-order valence-electron chi connectivity index (χ3n) is 1.66. The van der Waals surface area contributed by atoms with Gasteiger partial charge in [-0.1, -0.05) is 11.6 Å². The van der Waals surface area contributed by atoms with Gasteiger partial charge in [0.25, 0.3) is 0 Å². The van der Waals surface area contributed by atoms with Gasteiger partial charge in [0.2, 0.25) is 0 Å². The largest absolute Gasteiger partial charge is 0.459 e. The molecule has 1 heterocycles. The molecule has 0 atom stereocenters. The minimum absolute atomic E-state index is 0.154. The Morgan fingerprint density at radius 2 is 2.21 bits per heavy atom. The van der Waals surface area contributed by atoms with Crippen LogP contribution in [0.4, 0.5) is 0 Å². The predicted octanol–water partition coefficient (Wildman–Crippen LogP) is 2.61. The van der Waals surface area contributed by atoms with Crippen LogP contribution in [0.3, 0.4) is 0 Å². The summed E-state index contributed by atoms with van der Waals surface area (Å²) in [4.78, 5) is 15.4. The fourth-order valence-electron chi connectivity index (χ4n) is 1.04. The number of pyridine rings is 1. The summed E-state index contributed by atoms with van der Waals surface area (Å²) in [7, 11) is 0. The van der Waals surface area contributed by atoms with E-state index in [0.717, 1.165) is 5.56 Å². The van der Waals surface area contributed by atoms with Crippen LogP contribution in [0.1, 0.15) is 29.8 Å². The first-order valence-corrected chi connectivity index (χ1v) is 4.72. The van der Waals surface area contributed by atoms with E-state index in [9.17, 15) is 4.79 Å². The average Bonchev–Trinajstić information content (AvgIpc) is 2.01. The van der Waals surface area contributed by atoms with Crippen molar-refractivity contribution in [3.05, 3.63) is 28.5 Å². The van der Waals surface area contributed by atoms with E-state index >= 15 is 0 Å². The summed E-state index contributed by atoms with van der Waals surface area (Å²) < 4.78 is 5.03. The van der Waals surface area contributed by atoms with E-state index in [1.807, 2.05) is 0 Å². The zero-order chi connectivity index (χ0) is 10.7. The van der Waals surface area contributed by atoms with E-state index in [4.69, 9.17) is 16.3 Å². The van der Waals surface area contributed by atoms with Gasteiger partial charge in [-0.3, -0.25) is 0 Å². The Labute approximate surface area is 88.1 Å². The minimum atomic E-state index is -0.421. The maximum Gasteiger partial charge on any atom is 0.341 e. The number of esters is 1. The molecule has 1 rings (SSSR count). The van der Waals surface area contributed by atoms with Gasteiger partial charge >= 0.3 is 5.97 Å². The van der Waals surface area contributed by atoms with Crippen LogP contribution in [0.2, 0.25) is 5.15 Å². The Kier molecular flexibility index (Phi) is 3.47. The van der Waals surface area contributed by atoms with Gasteiger partial charge in [-0.15, -0.1) is 0 Å². The number of carbonyl (C=O) groups is 1. The number of halogens is 1. The fraction of sp³-hybridized carbons (Fsp3) is 0.400. The zero-order valence-electron chi connectivity index (χ0n) is 8.37. The smallest absolute Gasteiger partial charge is 0.341 e. The average molecular weight is 214 g/mol. The van der Waals surface area contributed by atoms with Crippen molar-refractivity contribution < 1.29 is 9.53 Å². The van der Waals surface area contributed by atoms with Crippen LogP contribution >= 0.6 is 11.6 Å². The van der Waals surface area contributed by atoms with Crippen LogP contribution in [-0.2, 0) is 4.74 Å². The molecule has 0 fully saturated rings. The number of aromatic nitrogens is 1. The number of hydrogen-bond donors (Lipinski definition) is 0. The first-order valence-electron chi connectivity index (χ1n) is 4.34. The van der Waals surface area contributed by atoms with Crippen molar-refractivity contribution in [2.45, 2.75) is 26.9 Å². The number of nitrogens with zero attached hydrogens (tertiary/aromatic N) is 1. The number of ether oxygens (including phenoxy) is 1. The lowest BCUT2D eigenvalue weighted by molar-refractivity contribution is 0.0377. The number of hydrogen-bond acceptors (Lipinski definition) is 3. The molecule has 76 valence electrons. The highest BCUT2D eigenvalue weighted by Crippen LogP contribution is 2.18. The van der Waals surface area contributed by atoms with Gasteiger partial charge in [-0.25, -0.2) is 9.78 Å². The van der Waals surface area contributed by atoms with E-state index in [2.05, 4.69) is 4.98 Å². The quantitative estimate of drug-likeness (QED) is 0.560. The van der Waals surface area contributed by atoms with E-state index in [-0.39, 0.29) is 11.3 Å². The van der Waals surface area contributed by atoms with Crippen molar-refractivity contribution in [1.82, 2.24) is 4.98 Å². The van der Waals surface area contributed by atoms with Gasteiger partial charge in [-0.2, -0.15) is 0 Å². The molecule has 4 heteroatoms. The van der Waals surface area contributed by atoms with Gasteiger partial charge in [0.1, 0.15) is 5.15 Å². The van der Waals surface area contributed by atoms with Gasteiger partial charge in [0.15, 0.2) is 0 Å². The summed E-state index contributed by atoms with van der Waals surface area (Å²) in [5.74, 6) is -0.421. The lowest BCUT2D eigenvalue weighted by atomic mass is 10.1. The molecule has 0 aliphatic rings. The highest BCUT2D eigenvalue weighted by Gasteiger charge is 2.16. The van der Waals surface area contributed by atoms with Crippen LogP contribution in [0.15, 0.2) is 12.3 Å². The Hall–Kier alpha value is -1.09. The van der Waals surface area contributed by atoms with Crippen LogP contribution in [0.25, 0.3) is 0 Å². The molecule has 0 unspecified atom stereocenters. The molecular formula is C10H12ClNO2. The standard InChI is InChI=1S/C10H12ClNO2/c1-6(2)14-10(13)8-7(3)4-5-12-9(8)11/h4-6H,1-3H3. The van der Waals surface area contributed by atoms with E-state index < -0.39 is 5.97 Å². The van der Waals surface area contributed by atoms with Crippen LogP contribution < -0.4 is 0 Å². The normalized spacial score (nSPS) is 10.4. The summed E-state index contributed by atoms with van der Waals surface area (Å²) in [6, 6.07) is 1.72. The van der Waals surface area contributed by atoms with Crippen LogP contribution in [0.5, 0.6) is 0 Å². The number of carbonyl (C=O) groups excluding carboxylic acids is 1. The molecule has 0 aliphatic heterocycles. The van der Waals surface area contributed by atoms with Gasteiger partial charge in [-0.05, 0) is 32.4 Å². The summed E-state index contributed by atoms with van der Waals surface area (Å²) in [6.07, 6.45) is 1.40. The third kappa shape index (κ3) is 2.45. The van der Waals surface area contributed by atoms with E-state index in [0.29, 0.717) is 5.56 Å². The Morgan fingerprint density at radius 3 is 2.71 bits per heavy atom. The minimum Gasteiger partial charge on any atom is -0.459 e. The Balaban J connectivity index is 3.00. The van der Waals surface area contributed by atoms with Crippen molar-refractivity contribution in [1.29, 1.82) is 0 Å². The molecule has 0 radical (unpaired) electrons. The second kappa shape index (κ2) is 4.42. The topological polar surface area (TPSA) is 39.2 Å². The molecule has 0 amide bonds. The summed E-state index contributed by atoms with van der Waals surface area (Å²) in [5, 5.41) is 0.190. The molecule has 1 aromatic rings. The Bertz CT molecular complexity index is 330. The molecule has 0 bridgehead atoms. The lowest BCUT2D eigenvalue weighted by Gasteiger charge is -2.10. The van der Waals surface area contributed by atoms with E-state index in [1.54, 1.807) is 33.0 Å². The monoisotopic (exact) mass is 213 g/mol. The molecule has 14 heavy (non-hydrogen) atoms. The maximum atomic E-state index is 11.6. The highest BCUT2D eigenvalue weighted by atomic mass is 35.5. The van der Waals surface area contributed by atoms with Gasteiger partial charge < -0.3 is 4.74 Å². The van der Waals surface area contributed by atoms with Crippen molar-refractivity contribution in [2.24, 2.45) is 0 Å². The Morgan fingerprint density at radius 1 is 1.57 bits per heavy atom. The molecule has 3 nitrogen and oxygen atoms in total. The lowest BCUT2D eigenvalue weighted by Crippen LogP contribution is -2.13. The highest BCUT2D eigenvalue weighted by molar-refractivity contribution is 6.32. The molecule has 1 aromatic heterocycles.